The molecule has 0 aromatic heterocycles. The summed E-state index contributed by atoms with van der Waals surface area (Å²) in [6, 6.07) is 5.18. The van der Waals surface area contributed by atoms with Crippen LogP contribution in [0.2, 0.25) is 0 Å². The molecule has 108 valence electrons. The summed E-state index contributed by atoms with van der Waals surface area (Å²) in [6.45, 7) is 9.69. The molecule has 0 heterocycles. The van der Waals surface area contributed by atoms with E-state index in [4.69, 9.17) is 5.73 Å². The van der Waals surface area contributed by atoms with E-state index in [0.717, 1.165) is 24.2 Å². The molecule has 0 radical (unpaired) electrons. The Balaban J connectivity index is 2.74. The first-order valence-corrected chi connectivity index (χ1v) is 7.34. The summed E-state index contributed by atoms with van der Waals surface area (Å²) in [7, 11) is 0. The van der Waals surface area contributed by atoms with Crippen molar-refractivity contribution in [2.75, 3.05) is 13.1 Å². The summed E-state index contributed by atoms with van der Waals surface area (Å²) < 4.78 is 13.8. The van der Waals surface area contributed by atoms with Crippen LogP contribution in [0.4, 0.5) is 4.39 Å². The zero-order chi connectivity index (χ0) is 14.3. The molecular formula is C16H27FN2. The first-order valence-electron chi connectivity index (χ1n) is 7.34. The van der Waals surface area contributed by atoms with E-state index < -0.39 is 0 Å². The molecule has 3 heteroatoms. The van der Waals surface area contributed by atoms with Crippen LogP contribution in [0.25, 0.3) is 0 Å². The summed E-state index contributed by atoms with van der Waals surface area (Å²) in [5, 5.41) is 0. The second-order valence-electron chi connectivity index (χ2n) is 5.14. The minimum Gasteiger partial charge on any atom is -0.326 e. The Morgan fingerprint density at radius 1 is 1.21 bits per heavy atom. The van der Waals surface area contributed by atoms with Crippen LogP contribution in [-0.2, 0) is 13.1 Å². The smallest absolute Gasteiger partial charge is 0.127 e. The van der Waals surface area contributed by atoms with E-state index in [0.29, 0.717) is 19.0 Å². The van der Waals surface area contributed by atoms with Gasteiger partial charge in [0.25, 0.3) is 0 Å². The molecule has 0 aliphatic rings. The highest BCUT2D eigenvalue weighted by Gasteiger charge is 2.12. The molecule has 2 N–H and O–H groups in total. The molecular weight excluding hydrogens is 239 g/mol. The average Bonchev–Trinajstić information content (AvgIpc) is 2.45. The molecule has 1 rings (SSSR count). The van der Waals surface area contributed by atoms with Crippen LogP contribution in [0, 0.1) is 11.7 Å². The van der Waals surface area contributed by atoms with Crippen LogP contribution < -0.4 is 5.73 Å². The molecule has 0 fully saturated rings. The molecule has 1 aromatic carbocycles. The molecule has 0 aliphatic carbocycles. The van der Waals surface area contributed by atoms with Crippen LogP contribution in [0.5, 0.6) is 0 Å². The van der Waals surface area contributed by atoms with Crippen molar-refractivity contribution >= 4 is 0 Å². The third-order valence-electron chi connectivity index (χ3n) is 3.86. The van der Waals surface area contributed by atoms with Gasteiger partial charge in [0, 0.05) is 25.2 Å². The molecule has 0 spiro atoms. The number of rotatable bonds is 8. The lowest BCUT2D eigenvalue weighted by Crippen LogP contribution is -2.29. The maximum atomic E-state index is 13.8. The Bertz CT molecular complexity index is 375. The van der Waals surface area contributed by atoms with Crippen LogP contribution in [0.1, 0.15) is 44.7 Å². The summed E-state index contributed by atoms with van der Waals surface area (Å²) >= 11 is 0. The summed E-state index contributed by atoms with van der Waals surface area (Å²) in [5.74, 6) is 0.570. The number of nitrogens with two attached hydrogens (primary N) is 1. The van der Waals surface area contributed by atoms with Gasteiger partial charge >= 0.3 is 0 Å². The van der Waals surface area contributed by atoms with Gasteiger partial charge in [-0.2, -0.15) is 0 Å². The number of nitrogens with zero attached hydrogens (tertiary/aromatic N) is 1. The minimum absolute atomic E-state index is 0.125. The molecule has 0 aliphatic heterocycles. The highest BCUT2D eigenvalue weighted by atomic mass is 19.1. The van der Waals surface area contributed by atoms with Gasteiger partial charge in [0.2, 0.25) is 0 Å². The van der Waals surface area contributed by atoms with Crippen LogP contribution in [-0.4, -0.2) is 18.0 Å². The second-order valence-corrected chi connectivity index (χ2v) is 5.14. The quantitative estimate of drug-likeness (QED) is 0.779. The van der Waals surface area contributed by atoms with Crippen molar-refractivity contribution in [3.63, 3.8) is 0 Å². The largest absolute Gasteiger partial charge is 0.326 e. The number of halogens is 1. The van der Waals surface area contributed by atoms with Gasteiger partial charge < -0.3 is 5.73 Å². The standard InChI is InChI=1S/C16H27FN2/c1-4-13(5-2)11-19(6-3)12-15-9-14(10-18)7-8-16(15)17/h7-9,13H,4-6,10-12,18H2,1-3H3. The van der Waals surface area contributed by atoms with Gasteiger partial charge in [0.1, 0.15) is 5.82 Å². The highest BCUT2D eigenvalue weighted by Crippen LogP contribution is 2.16. The fraction of sp³-hybridized carbons (Fsp3) is 0.625. The fourth-order valence-corrected chi connectivity index (χ4v) is 2.33. The van der Waals surface area contributed by atoms with Crippen molar-refractivity contribution in [1.82, 2.24) is 4.90 Å². The lowest BCUT2D eigenvalue weighted by atomic mass is 10.0. The van der Waals surface area contributed by atoms with E-state index in [1.807, 2.05) is 6.07 Å². The van der Waals surface area contributed by atoms with Gasteiger partial charge in [-0.15, -0.1) is 0 Å². The molecule has 19 heavy (non-hydrogen) atoms. The molecule has 0 unspecified atom stereocenters. The van der Waals surface area contributed by atoms with Gasteiger partial charge in [0.15, 0.2) is 0 Å². The van der Waals surface area contributed by atoms with Crippen molar-refractivity contribution in [2.45, 2.75) is 46.7 Å². The van der Waals surface area contributed by atoms with E-state index >= 15 is 0 Å². The minimum atomic E-state index is -0.125. The predicted octanol–water partition coefficient (Wildman–Crippen LogP) is 3.54. The fourth-order valence-electron chi connectivity index (χ4n) is 2.33. The first kappa shape index (κ1) is 16.1. The van der Waals surface area contributed by atoms with Crippen molar-refractivity contribution in [2.24, 2.45) is 11.7 Å². The van der Waals surface area contributed by atoms with Gasteiger partial charge in [-0.25, -0.2) is 4.39 Å². The maximum Gasteiger partial charge on any atom is 0.127 e. The summed E-state index contributed by atoms with van der Waals surface area (Å²) in [5.41, 5.74) is 7.38. The molecule has 0 saturated heterocycles. The van der Waals surface area contributed by atoms with Gasteiger partial charge in [-0.3, -0.25) is 4.90 Å². The Labute approximate surface area is 116 Å². The van der Waals surface area contributed by atoms with Crippen LogP contribution in [0.3, 0.4) is 0 Å². The Morgan fingerprint density at radius 3 is 2.42 bits per heavy atom. The van der Waals surface area contributed by atoms with Crippen LogP contribution >= 0.6 is 0 Å². The topological polar surface area (TPSA) is 29.3 Å². The zero-order valence-electron chi connectivity index (χ0n) is 12.5. The van der Waals surface area contributed by atoms with Crippen LogP contribution in [0.15, 0.2) is 18.2 Å². The number of hydrogen-bond acceptors (Lipinski definition) is 2. The first-order chi connectivity index (χ1) is 9.14. The average molecular weight is 266 g/mol. The lowest BCUT2D eigenvalue weighted by molar-refractivity contribution is 0.223. The van der Waals surface area contributed by atoms with Crippen molar-refractivity contribution in [1.29, 1.82) is 0 Å². The zero-order valence-corrected chi connectivity index (χ0v) is 12.5. The molecule has 0 bridgehead atoms. The van der Waals surface area contributed by atoms with Crippen molar-refractivity contribution in [3.05, 3.63) is 35.1 Å². The van der Waals surface area contributed by atoms with E-state index in [1.165, 1.54) is 18.9 Å². The monoisotopic (exact) mass is 266 g/mol. The molecule has 0 amide bonds. The van der Waals surface area contributed by atoms with E-state index in [2.05, 4.69) is 25.7 Å². The lowest BCUT2D eigenvalue weighted by Gasteiger charge is -2.25. The Kier molecular flexibility index (Phi) is 7.03. The highest BCUT2D eigenvalue weighted by molar-refractivity contribution is 5.25. The van der Waals surface area contributed by atoms with Gasteiger partial charge in [-0.05, 0) is 24.1 Å². The predicted molar refractivity (Wildman–Crippen MR) is 79.3 cm³/mol. The van der Waals surface area contributed by atoms with E-state index in [1.54, 1.807) is 6.07 Å². The SMILES string of the molecule is CCC(CC)CN(CC)Cc1cc(CN)ccc1F. The van der Waals surface area contributed by atoms with Crippen molar-refractivity contribution < 1.29 is 4.39 Å². The van der Waals surface area contributed by atoms with Gasteiger partial charge in [-0.1, -0.05) is 45.7 Å². The normalized spacial score (nSPS) is 11.5. The van der Waals surface area contributed by atoms with E-state index in [9.17, 15) is 4.39 Å². The molecule has 1 aromatic rings. The Hall–Kier alpha value is -0.930. The van der Waals surface area contributed by atoms with E-state index in [-0.39, 0.29) is 5.82 Å². The molecule has 0 atom stereocenters. The molecule has 2 nitrogen and oxygen atoms in total. The number of benzene rings is 1. The third-order valence-corrected chi connectivity index (χ3v) is 3.86. The second kappa shape index (κ2) is 8.28. The van der Waals surface area contributed by atoms with Crippen molar-refractivity contribution in [3.8, 4) is 0 Å². The van der Waals surface area contributed by atoms with Gasteiger partial charge in [0.05, 0.1) is 0 Å². The molecule has 0 saturated carbocycles. The Morgan fingerprint density at radius 2 is 1.89 bits per heavy atom. The third kappa shape index (κ3) is 4.92. The summed E-state index contributed by atoms with van der Waals surface area (Å²) in [4.78, 5) is 2.32. The number of hydrogen-bond donors (Lipinski definition) is 1. The maximum absolute atomic E-state index is 13.8. The summed E-state index contributed by atoms with van der Waals surface area (Å²) in [6.07, 6.45) is 2.36.